The van der Waals surface area contributed by atoms with Crippen LogP contribution in [0, 0.1) is 5.82 Å². The number of benzene rings is 3. The van der Waals surface area contributed by atoms with Crippen LogP contribution in [-0.4, -0.2) is 0 Å². The van der Waals surface area contributed by atoms with E-state index in [4.69, 9.17) is 9.15 Å². The van der Waals surface area contributed by atoms with Crippen LogP contribution in [-0.2, 0) is 0 Å². The normalized spacial score (nSPS) is 10.8. The molecule has 122 valence electrons. The molecule has 3 nitrogen and oxygen atoms in total. The van der Waals surface area contributed by atoms with Gasteiger partial charge in [-0.05, 0) is 47.9 Å². The molecule has 3 aromatic carbocycles. The predicted molar refractivity (Wildman–Crippen MR) is 94.4 cm³/mol. The molecule has 0 N–H and O–H groups in total. The predicted octanol–water partition coefficient (Wildman–Crippen LogP) is 5.39. The molecule has 4 aromatic rings. The van der Waals surface area contributed by atoms with Crippen molar-refractivity contribution < 1.29 is 13.5 Å². The fourth-order valence-corrected chi connectivity index (χ4v) is 2.67. The van der Waals surface area contributed by atoms with Gasteiger partial charge in [-0.15, -0.1) is 0 Å². The molecule has 1 heterocycles. The number of ether oxygens (including phenoxy) is 1. The highest BCUT2D eigenvalue weighted by Gasteiger charge is 2.13. The Morgan fingerprint density at radius 2 is 1.60 bits per heavy atom. The number of hydrogen-bond acceptors (Lipinski definition) is 3. The minimum absolute atomic E-state index is 0.258. The van der Waals surface area contributed by atoms with Crippen molar-refractivity contribution in [2.45, 2.75) is 0 Å². The monoisotopic (exact) mass is 332 g/mol. The van der Waals surface area contributed by atoms with Crippen LogP contribution in [0.1, 0.15) is 0 Å². The van der Waals surface area contributed by atoms with E-state index in [9.17, 15) is 9.18 Å². The van der Waals surface area contributed by atoms with Crippen molar-refractivity contribution in [1.82, 2.24) is 0 Å². The molecule has 0 atom stereocenters. The summed E-state index contributed by atoms with van der Waals surface area (Å²) in [4.78, 5) is 12.2. The lowest BCUT2D eigenvalue weighted by molar-refractivity contribution is 0.475. The molecule has 0 spiro atoms. The van der Waals surface area contributed by atoms with E-state index in [-0.39, 0.29) is 5.76 Å². The van der Waals surface area contributed by atoms with Crippen LogP contribution in [0.5, 0.6) is 11.5 Å². The van der Waals surface area contributed by atoms with E-state index in [1.165, 1.54) is 18.2 Å². The highest BCUT2D eigenvalue weighted by molar-refractivity contribution is 5.84. The molecule has 0 aliphatic heterocycles. The largest absolute Gasteiger partial charge is 0.457 e. The third kappa shape index (κ3) is 3.02. The van der Waals surface area contributed by atoms with E-state index in [1.807, 2.05) is 30.3 Å². The second kappa shape index (κ2) is 6.24. The molecule has 0 fully saturated rings. The molecule has 0 saturated heterocycles. The zero-order valence-electron chi connectivity index (χ0n) is 13.1. The van der Waals surface area contributed by atoms with Gasteiger partial charge in [-0.3, -0.25) is 0 Å². The standard InChI is InChI=1S/C21H13FO3/c22-15-10-11-19(24-16-7-2-1-3-8-16)18(13-15)20-12-14-6-4-5-9-17(14)21(23)25-20/h1-13H. The Balaban J connectivity index is 1.87. The summed E-state index contributed by atoms with van der Waals surface area (Å²) in [6.45, 7) is 0. The maximum atomic E-state index is 13.8. The summed E-state index contributed by atoms with van der Waals surface area (Å²) in [5, 5.41) is 1.21. The number of halogens is 1. The van der Waals surface area contributed by atoms with Gasteiger partial charge < -0.3 is 9.15 Å². The Morgan fingerprint density at radius 1 is 0.840 bits per heavy atom. The van der Waals surface area contributed by atoms with Gasteiger partial charge in [0.2, 0.25) is 0 Å². The summed E-state index contributed by atoms with van der Waals surface area (Å²) in [6, 6.07) is 22.1. The zero-order chi connectivity index (χ0) is 17.2. The third-order valence-electron chi connectivity index (χ3n) is 3.85. The SMILES string of the molecule is O=c1oc(-c2cc(F)ccc2Oc2ccccc2)cc2ccccc12. The molecule has 25 heavy (non-hydrogen) atoms. The molecule has 4 heteroatoms. The van der Waals surface area contributed by atoms with Gasteiger partial charge >= 0.3 is 5.63 Å². The van der Waals surface area contributed by atoms with Crippen LogP contribution in [0.25, 0.3) is 22.1 Å². The fraction of sp³-hybridized carbons (Fsp3) is 0. The number of rotatable bonds is 3. The molecule has 0 aliphatic carbocycles. The van der Waals surface area contributed by atoms with Crippen molar-refractivity contribution in [3.63, 3.8) is 0 Å². The first kappa shape index (κ1) is 15.1. The van der Waals surface area contributed by atoms with Crippen molar-refractivity contribution in [1.29, 1.82) is 0 Å². The third-order valence-corrected chi connectivity index (χ3v) is 3.85. The van der Waals surface area contributed by atoms with E-state index in [0.717, 1.165) is 5.39 Å². The molecule has 0 saturated carbocycles. The molecule has 0 amide bonds. The van der Waals surface area contributed by atoms with Gasteiger partial charge in [0.25, 0.3) is 0 Å². The van der Waals surface area contributed by atoms with Gasteiger partial charge in [-0.1, -0.05) is 36.4 Å². The Hall–Kier alpha value is -3.40. The van der Waals surface area contributed by atoms with E-state index in [2.05, 4.69) is 0 Å². The van der Waals surface area contributed by atoms with E-state index < -0.39 is 11.4 Å². The van der Waals surface area contributed by atoms with Gasteiger partial charge in [0.05, 0.1) is 10.9 Å². The average Bonchev–Trinajstić information content (AvgIpc) is 2.64. The van der Waals surface area contributed by atoms with E-state index in [1.54, 1.807) is 30.3 Å². The minimum Gasteiger partial charge on any atom is -0.457 e. The topological polar surface area (TPSA) is 39.4 Å². The molecular formula is C21H13FO3. The van der Waals surface area contributed by atoms with Crippen molar-refractivity contribution in [3.8, 4) is 22.8 Å². The van der Waals surface area contributed by atoms with Crippen LogP contribution in [0.2, 0.25) is 0 Å². The van der Waals surface area contributed by atoms with Crippen molar-refractivity contribution in [2.24, 2.45) is 0 Å². The highest BCUT2D eigenvalue weighted by Crippen LogP contribution is 2.34. The molecular weight excluding hydrogens is 319 g/mol. The summed E-state index contributed by atoms with van der Waals surface area (Å²) in [6.07, 6.45) is 0. The Kier molecular flexibility index (Phi) is 3.78. The van der Waals surface area contributed by atoms with Crippen LogP contribution in [0.4, 0.5) is 4.39 Å². The summed E-state index contributed by atoms with van der Waals surface area (Å²) in [5.41, 5.74) is -0.0882. The molecule has 1 aromatic heterocycles. The number of hydrogen-bond donors (Lipinski definition) is 0. The molecule has 0 bridgehead atoms. The molecule has 0 unspecified atom stereocenters. The fourth-order valence-electron chi connectivity index (χ4n) is 2.67. The molecule has 0 radical (unpaired) electrons. The van der Waals surface area contributed by atoms with Crippen molar-refractivity contribution in [2.75, 3.05) is 0 Å². The zero-order valence-corrected chi connectivity index (χ0v) is 13.1. The van der Waals surface area contributed by atoms with Crippen molar-refractivity contribution in [3.05, 3.63) is 95.1 Å². The Morgan fingerprint density at radius 3 is 2.44 bits per heavy atom. The van der Waals surface area contributed by atoms with Gasteiger partial charge in [0, 0.05) is 0 Å². The van der Waals surface area contributed by atoms with Crippen LogP contribution >= 0.6 is 0 Å². The lowest BCUT2D eigenvalue weighted by Crippen LogP contribution is -2.00. The maximum Gasteiger partial charge on any atom is 0.344 e. The van der Waals surface area contributed by atoms with Gasteiger partial charge in [0.1, 0.15) is 23.1 Å². The van der Waals surface area contributed by atoms with Gasteiger partial charge in [-0.25, -0.2) is 9.18 Å². The van der Waals surface area contributed by atoms with Gasteiger partial charge in [-0.2, -0.15) is 0 Å². The first-order valence-electron chi connectivity index (χ1n) is 7.76. The van der Waals surface area contributed by atoms with Crippen LogP contribution in [0.3, 0.4) is 0 Å². The molecule has 4 rings (SSSR count). The maximum absolute atomic E-state index is 13.8. The van der Waals surface area contributed by atoms with Crippen LogP contribution in [0.15, 0.2) is 88.1 Å². The van der Waals surface area contributed by atoms with E-state index in [0.29, 0.717) is 22.4 Å². The summed E-state index contributed by atoms with van der Waals surface area (Å²) in [7, 11) is 0. The van der Waals surface area contributed by atoms with Gasteiger partial charge in [0.15, 0.2) is 0 Å². The van der Waals surface area contributed by atoms with E-state index >= 15 is 0 Å². The lowest BCUT2D eigenvalue weighted by atomic mass is 10.1. The summed E-state index contributed by atoms with van der Waals surface area (Å²) < 4.78 is 25.1. The highest BCUT2D eigenvalue weighted by atomic mass is 19.1. The number of fused-ring (bicyclic) bond motifs is 1. The lowest BCUT2D eigenvalue weighted by Gasteiger charge is -2.11. The minimum atomic E-state index is -0.469. The second-order valence-electron chi connectivity index (χ2n) is 5.54. The first-order chi connectivity index (χ1) is 12.2. The van der Waals surface area contributed by atoms with Crippen molar-refractivity contribution >= 4 is 10.8 Å². The quantitative estimate of drug-likeness (QED) is 0.505. The molecule has 0 aliphatic rings. The van der Waals surface area contributed by atoms with Crippen LogP contribution < -0.4 is 10.4 Å². The summed E-state index contributed by atoms with van der Waals surface area (Å²) >= 11 is 0. The Labute approximate surface area is 142 Å². The second-order valence-corrected chi connectivity index (χ2v) is 5.54. The summed E-state index contributed by atoms with van der Waals surface area (Å²) in [5.74, 6) is 0.838. The first-order valence-corrected chi connectivity index (χ1v) is 7.76. The smallest absolute Gasteiger partial charge is 0.344 e. The average molecular weight is 332 g/mol. The number of para-hydroxylation sites is 1. The Bertz CT molecular complexity index is 1100.